The predicted molar refractivity (Wildman–Crippen MR) is 104 cm³/mol. The van der Waals surface area contributed by atoms with E-state index in [0.29, 0.717) is 10.9 Å². The molecule has 3 rings (SSSR count). The topological polar surface area (TPSA) is 125 Å². The van der Waals surface area contributed by atoms with E-state index >= 15 is 0 Å². The van der Waals surface area contributed by atoms with Gasteiger partial charge in [-0.05, 0) is 17.7 Å². The number of rotatable bonds is 6. The minimum Gasteiger partial charge on any atom is -0.345 e. The number of hydrogen-bond donors (Lipinski definition) is 3. The molecule has 3 N–H and O–H groups in total. The van der Waals surface area contributed by atoms with E-state index < -0.39 is 29.6 Å². The number of para-hydroxylation sites is 1. The second-order valence-electron chi connectivity index (χ2n) is 5.85. The number of aromatic nitrogens is 2. The first kappa shape index (κ1) is 18.8. The number of H-pyrrole nitrogens is 1. The van der Waals surface area contributed by atoms with Crippen molar-refractivity contribution in [1.82, 2.24) is 20.3 Å². The van der Waals surface area contributed by atoms with Crippen LogP contribution in [0.1, 0.15) is 5.56 Å². The van der Waals surface area contributed by atoms with Crippen molar-refractivity contribution in [3.63, 3.8) is 0 Å². The molecule has 1 heterocycles. The molecule has 9 heteroatoms. The predicted octanol–water partition coefficient (Wildman–Crippen LogP) is -0.0437. The maximum absolute atomic E-state index is 12.4. The summed E-state index contributed by atoms with van der Waals surface area (Å²) in [6.45, 7) is -0.842. The first-order valence-corrected chi connectivity index (χ1v) is 8.40. The van der Waals surface area contributed by atoms with Gasteiger partial charge in [-0.3, -0.25) is 19.0 Å². The van der Waals surface area contributed by atoms with Crippen molar-refractivity contribution >= 4 is 28.9 Å². The number of amides is 2. The Hall–Kier alpha value is -4.01. The van der Waals surface area contributed by atoms with Gasteiger partial charge in [0.1, 0.15) is 6.54 Å². The number of fused-ring (bicyclic) bond motifs is 1. The fraction of sp³-hybridized carbons (Fsp3) is 0.105. The summed E-state index contributed by atoms with van der Waals surface area (Å²) in [7, 11) is 0. The molecule has 0 fully saturated rings. The summed E-state index contributed by atoms with van der Waals surface area (Å²) >= 11 is 0. The van der Waals surface area contributed by atoms with Gasteiger partial charge in [0.2, 0.25) is 5.91 Å². The SMILES string of the molecule is O=C(Cn1c(=O)[nH]c2ccccc2c1=O)NCC(=O)N/N=C/c1ccccc1. The van der Waals surface area contributed by atoms with Crippen LogP contribution in [0.4, 0.5) is 0 Å². The van der Waals surface area contributed by atoms with Crippen LogP contribution in [0, 0.1) is 0 Å². The lowest BCUT2D eigenvalue weighted by Gasteiger charge is -2.07. The van der Waals surface area contributed by atoms with Crippen LogP contribution in [-0.4, -0.2) is 34.1 Å². The summed E-state index contributed by atoms with van der Waals surface area (Å²) in [5, 5.41) is 6.42. The zero-order valence-electron chi connectivity index (χ0n) is 14.7. The Labute approximate surface area is 158 Å². The zero-order chi connectivity index (χ0) is 19.9. The number of aromatic amines is 1. The highest BCUT2D eigenvalue weighted by molar-refractivity contribution is 5.86. The standard InChI is InChI=1S/C19H17N5O4/c25-16(23-21-10-13-6-2-1-3-7-13)11-20-17(26)12-24-18(27)14-8-4-5-9-15(14)22-19(24)28/h1-10H,11-12H2,(H,20,26)(H,22,28)(H,23,25)/b21-10+. The summed E-state index contributed by atoms with van der Waals surface area (Å²) in [5.74, 6) is -1.19. The second kappa shape index (κ2) is 8.58. The average molecular weight is 379 g/mol. The van der Waals surface area contributed by atoms with Gasteiger partial charge in [0.15, 0.2) is 0 Å². The van der Waals surface area contributed by atoms with Crippen molar-refractivity contribution in [3.8, 4) is 0 Å². The van der Waals surface area contributed by atoms with E-state index in [9.17, 15) is 19.2 Å². The van der Waals surface area contributed by atoms with Crippen LogP contribution < -0.4 is 22.0 Å². The minimum absolute atomic E-state index is 0.294. The Morgan fingerprint density at radius 2 is 1.71 bits per heavy atom. The second-order valence-corrected chi connectivity index (χ2v) is 5.85. The van der Waals surface area contributed by atoms with Gasteiger partial charge >= 0.3 is 5.69 Å². The van der Waals surface area contributed by atoms with Crippen LogP contribution in [0.25, 0.3) is 10.9 Å². The highest BCUT2D eigenvalue weighted by Gasteiger charge is 2.11. The average Bonchev–Trinajstić information content (AvgIpc) is 2.70. The lowest BCUT2D eigenvalue weighted by Crippen LogP contribution is -2.42. The first-order valence-electron chi connectivity index (χ1n) is 8.40. The van der Waals surface area contributed by atoms with Crippen molar-refractivity contribution in [2.75, 3.05) is 6.54 Å². The molecule has 0 saturated heterocycles. The van der Waals surface area contributed by atoms with Crippen molar-refractivity contribution in [1.29, 1.82) is 0 Å². The highest BCUT2D eigenvalue weighted by Crippen LogP contribution is 2.02. The molecule has 2 aromatic carbocycles. The van der Waals surface area contributed by atoms with Crippen LogP contribution in [-0.2, 0) is 16.1 Å². The van der Waals surface area contributed by atoms with Crippen LogP contribution in [0.15, 0.2) is 69.3 Å². The molecule has 0 spiro atoms. The lowest BCUT2D eigenvalue weighted by atomic mass is 10.2. The Kier molecular flexibility index (Phi) is 5.75. The maximum Gasteiger partial charge on any atom is 0.329 e. The number of nitrogens with one attached hydrogen (secondary N) is 3. The van der Waals surface area contributed by atoms with Gasteiger partial charge < -0.3 is 10.3 Å². The van der Waals surface area contributed by atoms with Crippen LogP contribution in [0.5, 0.6) is 0 Å². The highest BCUT2D eigenvalue weighted by atomic mass is 16.2. The normalized spacial score (nSPS) is 10.9. The fourth-order valence-electron chi connectivity index (χ4n) is 2.48. The fourth-order valence-corrected chi connectivity index (χ4v) is 2.48. The number of nitrogens with zero attached hydrogens (tertiary/aromatic N) is 2. The summed E-state index contributed by atoms with van der Waals surface area (Å²) in [4.78, 5) is 50.7. The molecule has 3 aromatic rings. The third-order valence-corrected chi connectivity index (χ3v) is 3.84. The van der Waals surface area contributed by atoms with Gasteiger partial charge in [-0.25, -0.2) is 10.2 Å². The monoisotopic (exact) mass is 379 g/mol. The molecule has 0 aliphatic carbocycles. The van der Waals surface area contributed by atoms with E-state index in [-0.39, 0.29) is 6.54 Å². The number of carbonyl (C=O) groups excluding carboxylic acids is 2. The molecule has 0 atom stereocenters. The molecular formula is C19H17N5O4. The summed E-state index contributed by atoms with van der Waals surface area (Å²) < 4.78 is 0.781. The first-order chi connectivity index (χ1) is 13.5. The molecule has 1 aromatic heterocycles. The summed E-state index contributed by atoms with van der Waals surface area (Å²) in [5.41, 5.74) is 2.20. The molecule has 0 aliphatic rings. The van der Waals surface area contributed by atoms with E-state index in [1.54, 1.807) is 24.3 Å². The smallest absolute Gasteiger partial charge is 0.329 e. The number of benzene rings is 2. The molecule has 0 radical (unpaired) electrons. The van der Waals surface area contributed by atoms with Crippen LogP contribution in [0.2, 0.25) is 0 Å². The Balaban J connectivity index is 1.57. The third kappa shape index (κ3) is 4.58. The van der Waals surface area contributed by atoms with Crippen molar-refractivity contribution in [2.45, 2.75) is 6.54 Å². The number of carbonyl (C=O) groups is 2. The maximum atomic E-state index is 12.4. The molecule has 0 saturated carbocycles. The Bertz CT molecular complexity index is 1150. The molecule has 9 nitrogen and oxygen atoms in total. The Morgan fingerprint density at radius 1 is 1.00 bits per heavy atom. The van der Waals surface area contributed by atoms with E-state index in [4.69, 9.17) is 0 Å². The van der Waals surface area contributed by atoms with E-state index in [2.05, 4.69) is 20.8 Å². The van der Waals surface area contributed by atoms with Crippen molar-refractivity contribution in [3.05, 3.63) is 81.0 Å². The van der Waals surface area contributed by atoms with Gasteiger partial charge in [-0.15, -0.1) is 0 Å². The molecule has 28 heavy (non-hydrogen) atoms. The van der Waals surface area contributed by atoms with Crippen LogP contribution >= 0.6 is 0 Å². The van der Waals surface area contributed by atoms with Crippen molar-refractivity contribution < 1.29 is 9.59 Å². The number of hydrogen-bond acceptors (Lipinski definition) is 5. The van der Waals surface area contributed by atoms with Crippen molar-refractivity contribution in [2.24, 2.45) is 5.10 Å². The molecule has 0 bridgehead atoms. The van der Waals surface area contributed by atoms with E-state index in [0.717, 1.165) is 10.1 Å². The van der Waals surface area contributed by atoms with E-state index in [1.165, 1.54) is 6.21 Å². The summed E-state index contributed by atoms with van der Waals surface area (Å²) in [6, 6.07) is 15.7. The minimum atomic E-state index is -0.698. The largest absolute Gasteiger partial charge is 0.345 e. The van der Waals surface area contributed by atoms with E-state index in [1.807, 2.05) is 30.3 Å². The van der Waals surface area contributed by atoms with Gasteiger partial charge in [-0.2, -0.15) is 5.10 Å². The van der Waals surface area contributed by atoms with Gasteiger partial charge in [0.25, 0.3) is 11.5 Å². The van der Waals surface area contributed by atoms with Gasteiger partial charge in [0.05, 0.1) is 23.7 Å². The van der Waals surface area contributed by atoms with Crippen LogP contribution in [0.3, 0.4) is 0 Å². The zero-order valence-corrected chi connectivity index (χ0v) is 14.7. The molecule has 2 amide bonds. The van der Waals surface area contributed by atoms with Gasteiger partial charge in [-0.1, -0.05) is 42.5 Å². The lowest BCUT2D eigenvalue weighted by molar-refractivity contribution is -0.126. The Morgan fingerprint density at radius 3 is 2.50 bits per heavy atom. The summed E-state index contributed by atoms with van der Waals surface area (Å²) in [6.07, 6.45) is 1.47. The number of hydrazone groups is 1. The molecule has 142 valence electrons. The molecule has 0 aliphatic heterocycles. The quantitative estimate of drug-likeness (QED) is 0.410. The molecular weight excluding hydrogens is 362 g/mol. The van der Waals surface area contributed by atoms with Gasteiger partial charge in [0, 0.05) is 0 Å². The molecule has 0 unspecified atom stereocenters. The third-order valence-electron chi connectivity index (χ3n) is 3.84.